The number of aromatic amines is 1. The zero-order valence-corrected chi connectivity index (χ0v) is 18.1. The van der Waals surface area contributed by atoms with Crippen molar-refractivity contribution in [3.63, 3.8) is 0 Å². The van der Waals surface area contributed by atoms with Gasteiger partial charge in [0.15, 0.2) is 5.78 Å². The highest BCUT2D eigenvalue weighted by Crippen LogP contribution is 2.27. The van der Waals surface area contributed by atoms with Gasteiger partial charge in [-0.05, 0) is 45.1 Å². The van der Waals surface area contributed by atoms with Crippen molar-refractivity contribution in [1.29, 1.82) is 0 Å². The molecular formula is C22H34N2O4. The van der Waals surface area contributed by atoms with Gasteiger partial charge in [-0.1, -0.05) is 33.1 Å². The number of methoxy groups -OCH3 is 1. The lowest BCUT2D eigenvalue weighted by Gasteiger charge is -2.34. The fraction of sp³-hybridized carbons (Fsp3) is 0.682. The summed E-state index contributed by atoms with van der Waals surface area (Å²) in [5.41, 5.74) is 1.99. The third-order valence-corrected chi connectivity index (χ3v) is 5.88. The van der Waals surface area contributed by atoms with Crippen LogP contribution in [0.5, 0.6) is 0 Å². The van der Waals surface area contributed by atoms with Crippen LogP contribution in [0.2, 0.25) is 0 Å². The van der Waals surface area contributed by atoms with Crippen molar-refractivity contribution >= 4 is 17.7 Å². The number of Topliss-reactive ketones (excluding diaryl/α,β-unsaturated/α-hetero) is 1. The lowest BCUT2D eigenvalue weighted by molar-refractivity contribution is -0.136. The largest absolute Gasteiger partial charge is 0.464 e. The Hall–Kier alpha value is -2.11. The van der Waals surface area contributed by atoms with Crippen LogP contribution in [0.1, 0.15) is 85.0 Å². The standard InChI is InChI=1S/C22H34N2O4/c1-13(2)21(26)24(12-17-10-8-7-9-11-17)16(5)20(25)18-14(3)19(22(27)28-6)23-15(18)4/h13,16-17,23H,7-12H2,1-6H3. The Morgan fingerprint density at radius 3 is 2.25 bits per heavy atom. The summed E-state index contributed by atoms with van der Waals surface area (Å²) in [5.74, 6) is -0.343. The Balaban J connectivity index is 2.31. The molecule has 0 aliphatic heterocycles. The molecule has 1 amide bonds. The van der Waals surface area contributed by atoms with Gasteiger partial charge in [0.2, 0.25) is 5.91 Å². The van der Waals surface area contributed by atoms with Gasteiger partial charge in [0.05, 0.1) is 13.2 Å². The summed E-state index contributed by atoms with van der Waals surface area (Å²) in [5, 5.41) is 0. The highest BCUT2D eigenvalue weighted by atomic mass is 16.5. The second-order valence-corrected chi connectivity index (χ2v) is 8.31. The van der Waals surface area contributed by atoms with E-state index in [0.29, 0.717) is 35.0 Å². The molecule has 1 aromatic heterocycles. The molecule has 1 unspecified atom stereocenters. The van der Waals surface area contributed by atoms with E-state index in [1.165, 1.54) is 26.4 Å². The molecule has 1 aliphatic rings. The number of hydrogen-bond donors (Lipinski definition) is 1. The maximum Gasteiger partial charge on any atom is 0.354 e. The van der Waals surface area contributed by atoms with Gasteiger partial charge in [-0.3, -0.25) is 9.59 Å². The highest BCUT2D eigenvalue weighted by Gasteiger charge is 2.33. The minimum atomic E-state index is -0.574. The first-order chi connectivity index (χ1) is 13.2. The van der Waals surface area contributed by atoms with E-state index in [2.05, 4.69) is 4.98 Å². The number of rotatable bonds is 7. The topological polar surface area (TPSA) is 79.5 Å². The molecule has 6 heteroatoms. The average Bonchev–Trinajstić information content (AvgIpc) is 2.98. The lowest BCUT2D eigenvalue weighted by Crippen LogP contribution is -2.47. The van der Waals surface area contributed by atoms with Crippen molar-refractivity contribution in [2.24, 2.45) is 11.8 Å². The number of ketones is 1. The smallest absolute Gasteiger partial charge is 0.354 e. The van der Waals surface area contributed by atoms with Crippen LogP contribution >= 0.6 is 0 Å². The minimum absolute atomic E-state index is 0.00505. The summed E-state index contributed by atoms with van der Waals surface area (Å²) in [6.07, 6.45) is 5.85. The number of aryl methyl sites for hydroxylation is 1. The maximum atomic E-state index is 13.4. The number of ether oxygens (including phenoxy) is 1. The molecule has 1 saturated carbocycles. The van der Waals surface area contributed by atoms with Gasteiger partial charge in [0, 0.05) is 23.7 Å². The molecule has 1 aromatic rings. The molecule has 0 bridgehead atoms. The molecular weight excluding hydrogens is 356 g/mol. The zero-order chi connectivity index (χ0) is 21.0. The van der Waals surface area contributed by atoms with Gasteiger partial charge in [-0.15, -0.1) is 0 Å². The zero-order valence-electron chi connectivity index (χ0n) is 18.1. The van der Waals surface area contributed by atoms with Crippen molar-refractivity contribution in [2.45, 2.75) is 72.8 Å². The van der Waals surface area contributed by atoms with Crippen molar-refractivity contribution in [2.75, 3.05) is 13.7 Å². The van der Waals surface area contributed by atoms with Gasteiger partial charge in [-0.25, -0.2) is 4.79 Å². The predicted octanol–water partition coefficient (Wildman–Crippen LogP) is 4.05. The Morgan fingerprint density at radius 1 is 1.11 bits per heavy atom. The molecule has 1 aliphatic carbocycles. The van der Waals surface area contributed by atoms with E-state index in [1.807, 2.05) is 13.8 Å². The van der Waals surface area contributed by atoms with Gasteiger partial charge in [0.25, 0.3) is 0 Å². The van der Waals surface area contributed by atoms with E-state index in [1.54, 1.807) is 25.7 Å². The fourth-order valence-electron chi connectivity index (χ4n) is 4.19. The van der Waals surface area contributed by atoms with E-state index < -0.39 is 12.0 Å². The third-order valence-electron chi connectivity index (χ3n) is 5.88. The number of aromatic nitrogens is 1. The molecule has 28 heavy (non-hydrogen) atoms. The number of amides is 1. The Morgan fingerprint density at radius 2 is 1.71 bits per heavy atom. The van der Waals surface area contributed by atoms with Crippen LogP contribution in [0.25, 0.3) is 0 Å². The number of nitrogens with one attached hydrogen (secondary N) is 1. The van der Waals surface area contributed by atoms with Crippen molar-refractivity contribution < 1.29 is 19.1 Å². The van der Waals surface area contributed by atoms with Crippen molar-refractivity contribution in [3.8, 4) is 0 Å². The average molecular weight is 391 g/mol. The number of carbonyl (C=O) groups is 3. The predicted molar refractivity (Wildman–Crippen MR) is 109 cm³/mol. The van der Waals surface area contributed by atoms with E-state index in [0.717, 1.165) is 12.8 Å². The maximum absolute atomic E-state index is 13.4. The van der Waals surface area contributed by atoms with Gasteiger partial charge >= 0.3 is 5.97 Å². The first-order valence-corrected chi connectivity index (χ1v) is 10.3. The molecule has 2 rings (SSSR count). The molecule has 1 atom stereocenters. The molecule has 0 saturated heterocycles. The van der Waals surface area contributed by atoms with Gasteiger partial charge in [-0.2, -0.15) is 0 Å². The molecule has 1 N–H and O–H groups in total. The monoisotopic (exact) mass is 390 g/mol. The van der Waals surface area contributed by atoms with Crippen LogP contribution in [-0.2, 0) is 9.53 Å². The highest BCUT2D eigenvalue weighted by molar-refractivity contribution is 6.06. The summed E-state index contributed by atoms with van der Waals surface area (Å²) in [7, 11) is 1.31. The number of H-pyrrole nitrogens is 1. The number of esters is 1. The van der Waals surface area contributed by atoms with Crippen LogP contribution in [0.3, 0.4) is 0 Å². The van der Waals surface area contributed by atoms with E-state index in [4.69, 9.17) is 4.74 Å². The molecule has 0 aromatic carbocycles. The SMILES string of the molecule is COC(=O)c1[nH]c(C)c(C(=O)C(C)N(CC2CCCCC2)C(=O)C(C)C)c1C. The molecule has 1 fully saturated rings. The van der Waals surface area contributed by atoms with Gasteiger partial charge < -0.3 is 14.6 Å². The van der Waals surface area contributed by atoms with E-state index in [9.17, 15) is 14.4 Å². The Bertz CT molecular complexity index is 729. The van der Waals surface area contributed by atoms with E-state index >= 15 is 0 Å². The fourth-order valence-corrected chi connectivity index (χ4v) is 4.19. The third kappa shape index (κ3) is 4.65. The summed E-state index contributed by atoms with van der Waals surface area (Å²) in [6.45, 7) is 9.68. The van der Waals surface area contributed by atoms with E-state index in [-0.39, 0.29) is 17.6 Å². The first kappa shape index (κ1) is 22.2. The quantitative estimate of drug-likeness (QED) is 0.562. The second kappa shape index (κ2) is 9.39. The minimum Gasteiger partial charge on any atom is -0.464 e. The van der Waals surface area contributed by atoms with Crippen molar-refractivity contribution in [1.82, 2.24) is 9.88 Å². The number of nitrogens with zero attached hydrogens (tertiary/aromatic N) is 1. The van der Waals surface area contributed by atoms with Crippen LogP contribution in [0.4, 0.5) is 0 Å². The molecule has 6 nitrogen and oxygen atoms in total. The summed E-state index contributed by atoms with van der Waals surface area (Å²) in [6, 6.07) is -0.574. The number of carbonyl (C=O) groups excluding carboxylic acids is 3. The van der Waals surface area contributed by atoms with Crippen LogP contribution in [0.15, 0.2) is 0 Å². The first-order valence-electron chi connectivity index (χ1n) is 10.3. The molecule has 156 valence electrons. The molecule has 1 heterocycles. The van der Waals surface area contributed by atoms with Crippen LogP contribution in [-0.4, -0.2) is 47.2 Å². The summed E-state index contributed by atoms with van der Waals surface area (Å²) < 4.78 is 4.80. The Labute approximate surface area is 168 Å². The van der Waals surface area contributed by atoms with Crippen LogP contribution in [0, 0.1) is 25.7 Å². The molecule has 0 spiro atoms. The van der Waals surface area contributed by atoms with Crippen LogP contribution < -0.4 is 0 Å². The lowest BCUT2D eigenvalue weighted by atomic mass is 9.88. The normalized spacial score (nSPS) is 16.1. The second-order valence-electron chi connectivity index (χ2n) is 8.31. The number of hydrogen-bond acceptors (Lipinski definition) is 4. The summed E-state index contributed by atoms with van der Waals surface area (Å²) in [4.78, 5) is 43.0. The molecule has 0 radical (unpaired) electrons. The summed E-state index contributed by atoms with van der Waals surface area (Å²) >= 11 is 0. The Kier molecular flexibility index (Phi) is 7.44. The van der Waals surface area contributed by atoms with Crippen molar-refractivity contribution in [3.05, 3.63) is 22.5 Å². The van der Waals surface area contributed by atoms with Gasteiger partial charge in [0.1, 0.15) is 5.69 Å².